The summed E-state index contributed by atoms with van der Waals surface area (Å²) in [5.41, 5.74) is 1.30. The lowest BCUT2D eigenvalue weighted by atomic mass is 10.1. The van der Waals surface area contributed by atoms with Gasteiger partial charge in [-0.05, 0) is 35.9 Å². The van der Waals surface area contributed by atoms with Gasteiger partial charge < -0.3 is 15.0 Å². The molecule has 0 radical (unpaired) electrons. The SMILES string of the molecule is CN(Cc1cccnc1)C(=O)c1ccccc1OCC(=O)Nc1ccccc1F. The predicted molar refractivity (Wildman–Crippen MR) is 107 cm³/mol. The molecule has 0 saturated heterocycles. The van der Waals surface area contributed by atoms with E-state index in [-0.39, 0.29) is 24.0 Å². The van der Waals surface area contributed by atoms with Gasteiger partial charge in [-0.25, -0.2) is 4.39 Å². The van der Waals surface area contributed by atoms with Crippen molar-refractivity contribution < 1.29 is 18.7 Å². The summed E-state index contributed by atoms with van der Waals surface area (Å²) in [6.07, 6.45) is 3.36. The minimum Gasteiger partial charge on any atom is -0.483 e. The Morgan fingerprint density at radius 3 is 2.59 bits per heavy atom. The molecule has 3 aromatic rings. The maximum Gasteiger partial charge on any atom is 0.262 e. The van der Waals surface area contributed by atoms with Crippen LogP contribution in [0.15, 0.2) is 73.1 Å². The number of hydrogen-bond donors (Lipinski definition) is 1. The number of pyridine rings is 1. The van der Waals surface area contributed by atoms with E-state index in [9.17, 15) is 14.0 Å². The Morgan fingerprint density at radius 2 is 1.83 bits per heavy atom. The van der Waals surface area contributed by atoms with Gasteiger partial charge in [-0.15, -0.1) is 0 Å². The molecule has 0 unspecified atom stereocenters. The van der Waals surface area contributed by atoms with E-state index in [1.165, 1.54) is 18.2 Å². The van der Waals surface area contributed by atoms with E-state index < -0.39 is 11.7 Å². The van der Waals surface area contributed by atoms with Crippen LogP contribution in [-0.4, -0.2) is 35.4 Å². The molecule has 0 aliphatic rings. The van der Waals surface area contributed by atoms with E-state index >= 15 is 0 Å². The van der Waals surface area contributed by atoms with Gasteiger partial charge in [-0.2, -0.15) is 0 Å². The first-order valence-electron chi connectivity index (χ1n) is 8.95. The van der Waals surface area contributed by atoms with Crippen LogP contribution in [-0.2, 0) is 11.3 Å². The van der Waals surface area contributed by atoms with Crippen molar-refractivity contribution in [1.82, 2.24) is 9.88 Å². The van der Waals surface area contributed by atoms with Gasteiger partial charge in [0.05, 0.1) is 11.3 Å². The first-order valence-corrected chi connectivity index (χ1v) is 8.95. The van der Waals surface area contributed by atoms with Gasteiger partial charge in [-0.3, -0.25) is 14.6 Å². The van der Waals surface area contributed by atoms with Gasteiger partial charge in [0.15, 0.2) is 6.61 Å². The van der Waals surface area contributed by atoms with Crippen molar-refractivity contribution in [2.45, 2.75) is 6.54 Å². The van der Waals surface area contributed by atoms with E-state index in [4.69, 9.17) is 4.74 Å². The van der Waals surface area contributed by atoms with E-state index in [1.54, 1.807) is 60.7 Å². The highest BCUT2D eigenvalue weighted by atomic mass is 19.1. The number of carbonyl (C=O) groups excluding carboxylic acids is 2. The van der Waals surface area contributed by atoms with Crippen LogP contribution in [0.2, 0.25) is 0 Å². The number of rotatable bonds is 7. The number of para-hydroxylation sites is 2. The summed E-state index contributed by atoms with van der Waals surface area (Å²) in [4.78, 5) is 30.5. The maximum absolute atomic E-state index is 13.6. The quantitative estimate of drug-likeness (QED) is 0.667. The molecule has 29 heavy (non-hydrogen) atoms. The zero-order valence-corrected chi connectivity index (χ0v) is 15.8. The van der Waals surface area contributed by atoms with Gasteiger partial charge in [0.1, 0.15) is 11.6 Å². The van der Waals surface area contributed by atoms with Crippen LogP contribution in [0.5, 0.6) is 5.75 Å². The van der Waals surface area contributed by atoms with Crippen molar-refractivity contribution in [3.05, 3.63) is 90.0 Å². The van der Waals surface area contributed by atoms with Crippen molar-refractivity contribution in [2.24, 2.45) is 0 Å². The van der Waals surface area contributed by atoms with Gasteiger partial charge >= 0.3 is 0 Å². The van der Waals surface area contributed by atoms with Crippen LogP contribution in [0.4, 0.5) is 10.1 Å². The van der Waals surface area contributed by atoms with Gasteiger partial charge in [0, 0.05) is 26.0 Å². The molecule has 148 valence electrons. The molecule has 0 saturated carbocycles. The third-order valence-corrected chi connectivity index (χ3v) is 4.11. The Bertz CT molecular complexity index is 995. The van der Waals surface area contributed by atoms with Gasteiger partial charge in [-0.1, -0.05) is 30.3 Å². The van der Waals surface area contributed by atoms with E-state index in [1.807, 2.05) is 6.07 Å². The summed E-state index contributed by atoms with van der Waals surface area (Å²) in [6.45, 7) is 0.0275. The molecule has 0 aliphatic carbocycles. The number of ether oxygens (including phenoxy) is 1. The van der Waals surface area contributed by atoms with E-state index in [0.29, 0.717) is 12.1 Å². The Morgan fingerprint density at radius 1 is 1.07 bits per heavy atom. The molecule has 0 atom stereocenters. The monoisotopic (exact) mass is 393 g/mol. The van der Waals surface area contributed by atoms with Crippen LogP contribution in [0.3, 0.4) is 0 Å². The van der Waals surface area contributed by atoms with Crippen molar-refractivity contribution in [3.63, 3.8) is 0 Å². The smallest absolute Gasteiger partial charge is 0.262 e. The van der Waals surface area contributed by atoms with Crippen LogP contribution in [0.25, 0.3) is 0 Å². The largest absolute Gasteiger partial charge is 0.483 e. The second-order valence-corrected chi connectivity index (χ2v) is 6.34. The summed E-state index contributed by atoms with van der Waals surface area (Å²) in [5.74, 6) is -1.03. The Kier molecular flexibility index (Phi) is 6.52. The second-order valence-electron chi connectivity index (χ2n) is 6.34. The molecule has 6 nitrogen and oxygen atoms in total. The molecule has 7 heteroatoms. The number of anilines is 1. The Labute approximate surface area is 168 Å². The topological polar surface area (TPSA) is 71.5 Å². The predicted octanol–water partition coefficient (Wildman–Crippen LogP) is 3.51. The van der Waals surface area contributed by atoms with Crippen molar-refractivity contribution in [3.8, 4) is 5.75 Å². The fraction of sp³-hybridized carbons (Fsp3) is 0.136. The Hall–Kier alpha value is -3.74. The number of nitrogens with one attached hydrogen (secondary N) is 1. The standard InChI is InChI=1S/C22H20FN3O3/c1-26(14-16-7-6-12-24-13-16)22(28)17-8-2-5-11-20(17)29-15-21(27)25-19-10-4-3-9-18(19)23/h2-13H,14-15H2,1H3,(H,25,27). The highest BCUT2D eigenvalue weighted by Gasteiger charge is 2.18. The lowest BCUT2D eigenvalue weighted by Crippen LogP contribution is -2.27. The minimum absolute atomic E-state index is 0.0710. The summed E-state index contributed by atoms with van der Waals surface area (Å²) in [5, 5.41) is 2.44. The molecule has 3 rings (SSSR count). The average molecular weight is 393 g/mol. The lowest BCUT2D eigenvalue weighted by Gasteiger charge is -2.19. The molecule has 1 aromatic heterocycles. The third-order valence-electron chi connectivity index (χ3n) is 4.11. The highest BCUT2D eigenvalue weighted by molar-refractivity contribution is 5.97. The van der Waals surface area contributed by atoms with Gasteiger partial charge in [0.2, 0.25) is 0 Å². The summed E-state index contributed by atoms with van der Waals surface area (Å²) in [6, 6.07) is 16.2. The van der Waals surface area contributed by atoms with E-state index in [2.05, 4.69) is 10.3 Å². The molecule has 2 aromatic carbocycles. The third kappa shape index (κ3) is 5.38. The molecule has 1 N–H and O–H groups in total. The maximum atomic E-state index is 13.6. The number of hydrogen-bond acceptors (Lipinski definition) is 4. The van der Waals surface area contributed by atoms with Crippen molar-refractivity contribution in [2.75, 3.05) is 19.0 Å². The van der Waals surface area contributed by atoms with Crippen LogP contribution in [0, 0.1) is 5.82 Å². The van der Waals surface area contributed by atoms with Crippen molar-refractivity contribution >= 4 is 17.5 Å². The zero-order valence-electron chi connectivity index (χ0n) is 15.8. The highest BCUT2D eigenvalue weighted by Crippen LogP contribution is 2.20. The van der Waals surface area contributed by atoms with Crippen molar-refractivity contribution in [1.29, 1.82) is 0 Å². The second kappa shape index (κ2) is 9.45. The number of aromatic nitrogens is 1. The molecule has 2 amide bonds. The van der Waals surface area contributed by atoms with Gasteiger partial charge in [0.25, 0.3) is 11.8 Å². The molecular formula is C22H20FN3O3. The fourth-order valence-corrected chi connectivity index (χ4v) is 2.70. The Balaban J connectivity index is 1.64. The molecule has 1 heterocycles. The van der Waals surface area contributed by atoms with Crippen LogP contribution in [0.1, 0.15) is 15.9 Å². The number of halogens is 1. The average Bonchev–Trinajstić information content (AvgIpc) is 2.74. The van der Waals surface area contributed by atoms with E-state index in [0.717, 1.165) is 5.56 Å². The first kappa shape index (κ1) is 20.0. The number of carbonyl (C=O) groups is 2. The van der Waals surface area contributed by atoms with Crippen LogP contribution >= 0.6 is 0 Å². The molecule has 0 spiro atoms. The first-order chi connectivity index (χ1) is 14.0. The van der Waals surface area contributed by atoms with Crippen LogP contribution < -0.4 is 10.1 Å². The fourth-order valence-electron chi connectivity index (χ4n) is 2.70. The summed E-state index contributed by atoms with van der Waals surface area (Å²) in [7, 11) is 1.68. The molecule has 0 bridgehead atoms. The number of nitrogens with zero attached hydrogens (tertiary/aromatic N) is 2. The minimum atomic E-state index is -0.534. The number of benzene rings is 2. The summed E-state index contributed by atoms with van der Waals surface area (Å²) < 4.78 is 19.2. The lowest BCUT2D eigenvalue weighted by molar-refractivity contribution is -0.118. The molecule has 0 aliphatic heterocycles. The number of amides is 2. The summed E-state index contributed by atoms with van der Waals surface area (Å²) >= 11 is 0. The zero-order chi connectivity index (χ0) is 20.6. The molecular weight excluding hydrogens is 373 g/mol. The molecule has 0 fully saturated rings. The normalized spacial score (nSPS) is 10.3.